The Morgan fingerprint density at radius 2 is 1.90 bits per heavy atom. The van der Waals surface area contributed by atoms with Crippen molar-refractivity contribution in [2.45, 2.75) is 70.3 Å². The van der Waals surface area contributed by atoms with Gasteiger partial charge < -0.3 is 15.1 Å². The van der Waals surface area contributed by atoms with Crippen LogP contribution in [0.4, 0.5) is 15.8 Å². The number of thiocarbonyl (C=S) groups is 1. The zero-order valence-electron chi connectivity index (χ0n) is 25.0. The second-order valence-electron chi connectivity index (χ2n) is 11.4. The number of nitriles is 1. The molecular weight excluding hydrogens is 569 g/mol. The van der Waals surface area contributed by atoms with Crippen LogP contribution in [0.5, 0.6) is 0 Å². The van der Waals surface area contributed by atoms with Gasteiger partial charge in [0.05, 0.1) is 27.9 Å². The molecule has 226 valence electrons. The average molecular weight is 612 g/mol. The van der Waals surface area contributed by atoms with Crippen molar-refractivity contribution in [3.8, 4) is 6.07 Å². The van der Waals surface area contributed by atoms with Crippen LogP contribution in [0, 0.1) is 28.5 Å². The predicted octanol–water partition coefficient (Wildman–Crippen LogP) is 6.75. The van der Waals surface area contributed by atoms with Crippen LogP contribution < -0.4 is 15.1 Å². The normalized spacial score (nSPS) is 19.0. The molecule has 3 aliphatic rings. The van der Waals surface area contributed by atoms with E-state index in [9.17, 15) is 0 Å². The van der Waals surface area contributed by atoms with E-state index in [-0.39, 0.29) is 28.3 Å². The van der Waals surface area contributed by atoms with Crippen LogP contribution in [0.1, 0.15) is 76.0 Å². The predicted molar refractivity (Wildman–Crippen MR) is 175 cm³/mol. The van der Waals surface area contributed by atoms with Gasteiger partial charge in [0.25, 0.3) is 0 Å². The molecule has 5 rings (SSSR count). The molecule has 1 saturated carbocycles. The van der Waals surface area contributed by atoms with Crippen molar-refractivity contribution in [1.29, 1.82) is 10.7 Å². The van der Waals surface area contributed by atoms with Crippen molar-refractivity contribution in [2.75, 3.05) is 49.6 Å². The highest BCUT2D eigenvalue weighted by atomic mass is 35.5. The molecular formula is C32H43ClFN7S. The van der Waals surface area contributed by atoms with Crippen LogP contribution in [0.15, 0.2) is 30.5 Å². The number of hydrogen-bond acceptors (Lipinski definition) is 7. The van der Waals surface area contributed by atoms with E-state index in [4.69, 9.17) is 34.5 Å². The van der Waals surface area contributed by atoms with E-state index in [1.165, 1.54) is 24.5 Å². The van der Waals surface area contributed by atoms with Gasteiger partial charge >= 0.3 is 0 Å². The lowest BCUT2D eigenvalue weighted by molar-refractivity contribution is 0.166. The maximum atomic E-state index is 15.6. The number of likely N-dealkylation sites (N-methyl/N-ethyl adjacent to an activating group) is 1. The fourth-order valence-electron chi connectivity index (χ4n) is 6.51. The summed E-state index contributed by atoms with van der Waals surface area (Å²) >= 11 is 11.5. The molecule has 0 bridgehead atoms. The number of pyridine rings is 1. The molecule has 2 saturated heterocycles. The van der Waals surface area contributed by atoms with Gasteiger partial charge in [-0.1, -0.05) is 43.7 Å². The highest BCUT2D eigenvalue weighted by Crippen LogP contribution is 2.43. The zero-order chi connectivity index (χ0) is 30.3. The van der Waals surface area contributed by atoms with Gasteiger partial charge in [-0.25, -0.2) is 9.37 Å². The van der Waals surface area contributed by atoms with Crippen LogP contribution >= 0.6 is 23.8 Å². The lowest BCUT2D eigenvalue weighted by Crippen LogP contribution is -2.62. The smallest absolute Gasteiger partial charge is 0.159 e. The van der Waals surface area contributed by atoms with E-state index in [0.717, 1.165) is 82.0 Å². The number of amidine groups is 1. The standard InChI is InChI=1S/C30H37ClFN7S.C2H6/c1-37(30(9-2-10-30)29(34)39(20-40)24-15-26(31)28(17-33)36-18-24)23-3-4-25(27(32)16-23)22-7-13-38(14-8-22)19-21-5-11-35-12-6-21;1-2/h3-4,15-16,18,20-22,34-35H,2,5-14,19H2,1H3;1-2H3. The highest BCUT2D eigenvalue weighted by Gasteiger charge is 2.47. The first-order valence-electron chi connectivity index (χ1n) is 15.2. The Labute approximate surface area is 260 Å². The van der Waals surface area contributed by atoms with Gasteiger partial charge in [0, 0.05) is 19.3 Å². The summed E-state index contributed by atoms with van der Waals surface area (Å²) in [6, 6.07) is 9.13. The number of halogens is 2. The Morgan fingerprint density at radius 3 is 2.45 bits per heavy atom. The molecule has 0 atom stereocenters. The molecule has 1 aromatic heterocycles. The first kappa shape index (κ1) is 32.3. The van der Waals surface area contributed by atoms with Crippen LogP contribution in [-0.4, -0.2) is 66.5 Å². The van der Waals surface area contributed by atoms with E-state index in [0.29, 0.717) is 5.69 Å². The van der Waals surface area contributed by atoms with E-state index in [1.54, 1.807) is 17.0 Å². The fraction of sp³-hybridized carbons (Fsp3) is 0.562. The summed E-state index contributed by atoms with van der Waals surface area (Å²) in [5, 5.41) is 22.0. The molecule has 0 amide bonds. The van der Waals surface area contributed by atoms with Gasteiger partial charge in [-0.05, 0) is 107 Å². The summed E-state index contributed by atoms with van der Waals surface area (Å²) in [4.78, 5) is 10.3. The second kappa shape index (κ2) is 14.7. The van der Waals surface area contributed by atoms with E-state index in [1.807, 2.05) is 44.0 Å². The third kappa shape index (κ3) is 6.78. The van der Waals surface area contributed by atoms with Gasteiger partial charge in [0.1, 0.15) is 17.7 Å². The maximum Gasteiger partial charge on any atom is 0.159 e. The summed E-state index contributed by atoms with van der Waals surface area (Å²) in [6.45, 7) is 9.46. The van der Waals surface area contributed by atoms with Gasteiger partial charge in [-0.2, -0.15) is 5.26 Å². The quantitative estimate of drug-likeness (QED) is 0.194. The Hall–Kier alpha value is -2.64. The number of benzene rings is 1. The summed E-state index contributed by atoms with van der Waals surface area (Å²) < 4.78 is 15.6. The van der Waals surface area contributed by atoms with E-state index in [2.05, 4.69) is 15.2 Å². The lowest BCUT2D eigenvalue weighted by Gasteiger charge is -2.51. The molecule has 3 heterocycles. The lowest BCUT2D eigenvalue weighted by atomic mass is 9.73. The van der Waals surface area contributed by atoms with Crippen molar-refractivity contribution in [2.24, 2.45) is 5.92 Å². The van der Waals surface area contributed by atoms with Crippen molar-refractivity contribution in [3.63, 3.8) is 0 Å². The number of rotatable bonds is 8. The molecule has 0 spiro atoms. The fourth-order valence-corrected chi connectivity index (χ4v) is 6.94. The molecule has 7 nitrogen and oxygen atoms in total. The Bertz CT molecular complexity index is 1280. The van der Waals surface area contributed by atoms with Crippen LogP contribution in [-0.2, 0) is 0 Å². The van der Waals surface area contributed by atoms with Crippen LogP contribution in [0.3, 0.4) is 0 Å². The summed E-state index contributed by atoms with van der Waals surface area (Å²) in [7, 11) is 1.92. The SMILES string of the molecule is CC.CN(c1ccc(C2CCN(CC3CCNCC3)CC2)c(F)c1)C1(C(=N)N(C=S)c2cnc(C#N)c(Cl)c2)CCC1. The molecule has 42 heavy (non-hydrogen) atoms. The Kier molecular flexibility index (Phi) is 11.3. The first-order valence-corrected chi connectivity index (χ1v) is 16.1. The number of anilines is 2. The molecule has 1 aliphatic carbocycles. The van der Waals surface area contributed by atoms with Gasteiger partial charge in [0.2, 0.25) is 0 Å². The summed E-state index contributed by atoms with van der Waals surface area (Å²) in [6.07, 6.45) is 8.43. The van der Waals surface area contributed by atoms with Gasteiger partial charge in [0.15, 0.2) is 5.69 Å². The molecule has 0 radical (unpaired) electrons. The second-order valence-corrected chi connectivity index (χ2v) is 12.0. The van der Waals surface area contributed by atoms with Gasteiger partial charge in [-0.3, -0.25) is 10.3 Å². The number of nitrogens with zero attached hydrogens (tertiary/aromatic N) is 5. The highest BCUT2D eigenvalue weighted by molar-refractivity contribution is 7.79. The third-order valence-electron chi connectivity index (χ3n) is 9.19. The Morgan fingerprint density at radius 1 is 1.21 bits per heavy atom. The van der Waals surface area contributed by atoms with Crippen molar-refractivity contribution >= 4 is 46.5 Å². The minimum absolute atomic E-state index is 0.125. The van der Waals surface area contributed by atoms with Gasteiger partial charge in [-0.15, -0.1) is 0 Å². The number of aromatic nitrogens is 1. The third-order valence-corrected chi connectivity index (χ3v) is 9.69. The van der Waals surface area contributed by atoms with Crippen molar-refractivity contribution in [3.05, 3.63) is 52.6 Å². The van der Waals surface area contributed by atoms with Crippen LogP contribution in [0.2, 0.25) is 5.02 Å². The molecule has 1 aromatic carbocycles. The molecule has 10 heteroatoms. The molecule has 2 aromatic rings. The van der Waals surface area contributed by atoms with E-state index < -0.39 is 5.54 Å². The van der Waals surface area contributed by atoms with Crippen molar-refractivity contribution < 1.29 is 4.39 Å². The zero-order valence-corrected chi connectivity index (χ0v) is 26.6. The molecule has 3 fully saturated rings. The largest absolute Gasteiger partial charge is 0.362 e. The van der Waals surface area contributed by atoms with Crippen molar-refractivity contribution in [1.82, 2.24) is 15.2 Å². The number of piperidine rings is 2. The number of nitrogens with one attached hydrogen (secondary N) is 2. The molecule has 2 aliphatic heterocycles. The molecule has 0 unspecified atom stereocenters. The van der Waals surface area contributed by atoms with E-state index >= 15 is 4.39 Å². The van der Waals surface area contributed by atoms with Crippen LogP contribution in [0.25, 0.3) is 0 Å². The number of hydrogen-bond donors (Lipinski definition) is 2. The minimum atomic E-state index is -0.635. The molecule has 2 N–H and O–H groups in total. The average Bonchev–Trinajstić information content (AvgIpc) is 2.99. The first-order chi connectivity index (χ1) is 20.4. The Balaban J connectivity index is 0.00000198. The summed E-state index contributed by atoms with van der Waals surface area (Å²) in [5.41, 5.74) is 2.96. The topological polar surface area (TPSA) is 82.3 Å². The number of likely N-dealkylation sites (tertiary alicyclic amines) is 1. The minimum Gasteiger partial charge on any atom is -0.362 e. The monoisotopic (exact) mass is 611 g/mol. The summed E-state index contributed by atoms with van der Waals surface area (Å²) in [5.74, 6) is 1.13. The maximum absolute atomic E-state index is 15.6.